The van der Waals surface area contributed by atoms with E-state index in [1.807, 2.05) is 11.3 Å². The first-order chi connectivity index (χ1) is 10.0. The molecule has 4 heteroatoms. The van der Waals surface area contributed by atoms with Gasteiger partial charge in [0.25, 0.3) is 0 Å². The second-order valence-electron chi connectivity index (χ2n) is 6.12. The van der Waals surface area contributed by atoms with Crippen LogP contribution in [0.3, 0.4) is 0 Å². The summed E-state index contributed by atoms with van der Waals surface area (Å²) in [5.41, 5.74) is 2.88. The molecule has 0 fully saturated rings. The van der Waals surface area contributed by atoms with E-state index in [-0.39, 0.29) is 0 Å². The summed E-state index contributed by atoms with van der Waals surface area (Å²) in [5, 5.41) is 7.91. The van der Waals surface area contributed by atoms with Crippen LogP contribution in [0.4, 0.5) is 0 Å². The number of nitrogens with zero attached hydrogens (tertiary/aromatic N) is 1. The molecule has 0 saturated heterocycles. The van der Waals surface area contributed by atoms with Gasteiger partial charge in [0, 0.05) is 29.4 Å². The van der Waals surface area contributed by atoms with Crippen molar-refractivity contribution >= 4 is 22.7 Å². The third-order valence-electron chi connectivity index (χ3n) is 3.40. The van der Waals surface area contributed by atoms with Crippen LogP contribution in [0.2, 0.25) is 0 Å². The van der Waals surface area contributed by atoms with Crippen LogP contribution in [0.5, 0.6) is 0 Å². The zero-order valence-electron chi connectivity index (χ0n) is 13.5. The fourth-order valence-electron chi connectivity index (χ4n) is 2.36. The zero-order valence-corrected chi connectivity index (χ0v) is 15.1. The molecule has 0 saturated carbocycles. The standard InChI is InChI=1S/C17H26N2S2/c1-13(2)8-18-9-17-7-16(14(3)21-17)11-19(4)10-15-5-6-20-12-15/h5-7,12-13,18H,8-11H2,1-4H3. The zero-order chi connectivity index (χ0) is 15.2. The van der Waals surface area contributed by atoms with Gasteiger partial charge in [-0.2, -0.15) is 11.3 Å². The lowest BCUT2D eigenvalue weighted by Crippen LogP contribution is -2.18. The van der Waals surface area contributed by atoms with E-state index in [1.165, 1.54) is 20.9 Å². The van der Waals surface area contributed by atoms with Gasteiger partial charge in [-0.05, 0) is 60.5 Å². The van der Waals surface area contributed by atoms with Crippen molar-refractivity contribution in [3.8, 4) is 0 Å². The van der Waals surface area contributed by atoms with Crippen molar-refractivity contribution in [2.75, 3.05) is 13.6 Å². The first-order valence-corrected chi connectivity index (χ1v) is 9.29. The Bertz CT molecular complexity index is 529. The molecular formula is C17H26N2S2. The number of nitrogens with one attached hydrogen (secondary N) is 1. The monoisotopic (exact) mass is 322 g/mol. The van der Waals surface area contributed by atoms with Gasteiger partial charge in [0.15, 0.2) is 0 Å². The summed E-state index contributed by atoms with van der Waals surface area (Å²) in [4.78, 5) is 5.29. The molecule has 2 heterocycles. The van der Waals surface area contributed by atoms with Gasteiger partial charge in [-0.15, -0.1) is 11.3 Å². The topological polar surface area (TPSA) is 15.3 Å². The Balaban J connectivity index is 1.86. The van der Waals surface area contributed by atoms with Crippen molar-refractivity contribution in [2.45, 2.75) is 40.4 Å². The second-order valence-corrected chi connectivity index (χ2v) is 8.24. The molecule has 0 atom stereocenters. The second kappa shape index (κ2) is 8.08. The van der Waals surface area contributed by atoms with Gasteiger partial charge >= 0.3 is 0 Å². The fraction of sp³-hybridized carbons (Fsp3) is 0.529. The highest BCUT2D eigenvalue weighted by molar-refractivity contribution is 7.12. The molecule has 0 unspecified atom stereocenters. The Morgan fingerprint density at radius 1 is 1.29 bits per heavy atom. The van der Waals surface area contributed by atoms with Gasteiger partial charge in [-0.3, -0.25) is 4.90 Å². The lowest BCUT2D eigenvalue weighted by molar-refractivity contribution is 0.319. The van der Waals surface area contributed by atoms with Crippen LogP contribution < -0.4 is 5.32 Å². The quantitative estimate of drug-likeness (QED) is 0.770. The van der Waals surface area contributed by atoms with Crippen molar-refractivity contribution in [2.24, 2.45) is 5.92 Å². The average Bonchev–Trinajstić information content (AvgIpc) is 3.00. The third kappa shape index (κ3) is 5.55. The van der Waals surface area contributed by atoms with E-state index < -0.39 is 0 Å². The molecule has 2 aromatic rings. The van der Waals surface area contributed by atoms with Crippen molar-refractivity contribution in [1.29, 1.82) is 0 Å². The lowest BCUT2D eigenvalue weighted by Gasteiger charge is -2.15. The summed E-state index contributed by atoms with van der Waals surface area (Å²) in [6, 6.07) is 4.58. The van der Waals surface area contributed by atoms with Gasteiger partial charge < -0.3 is 5.32 Å². The van der Waals surface area contributed by atoms with Gasteiger partial charge in [-0.25, -0.2) is 0 Å². The molecular weight excluding hydrogens is 296 g/mol. The van der Waals surface area contributed by atoms with Crippen LogP contribution in [0.25, 0.3) is 0 Å². The van der Waals surface area contributed by atoms with Crippen LogP contribution in [-0.2, 0) is 19.6 Å². The number of thiophene rings is 2. The van der Waals surface area contributed by atoms with Crippen LogP contribution in [-0.4, -0.2) is 18.5 Å². The molecule has 0 aromatic carbocycles. The molecule has 0 radical (unpaired) electrons. The maximum atomic E-state index is 3.53. The predicted molar refractivity (Wildman–Crippen MR) is 95.1 cm³/mol. The molecule has 116 valence electrons. The van der Waals surface area contributed by atoms with Crippen LogP contribution in [0.1, 0.15) is 34.7 Å². The van der Waals surface area contributed by atoms with Crippen LogP contribution >= 0.6 is 22.7 Å². The molecule has 2 nitrogen and oxygen atoms in total. The molecule has 0 aliphatic carbocycles. The fourth-order valence-corrected chi connectivity index (χ4v) is 4.04. The number of rotatable bonds is 8. The van der Waals surface area contributed by atoms with E-state index in [2.05, 4.69) is 60.9 Å². The third-order valence-corrected chi connectivity index (χ3v) is 5.22. The summed E-state index contributed by atoms with van der Waals surface area (Å²) in [7, 11) is 2.20. The highest BCUT2D eigenvalue weighted by Gasteiger charge is 2.09. The first-order valence-electron chi connectivity index (χ1n) is 7.53. The van der Waals surface area contributed by atoms with E-state index in [4.69, 9.17) is 0 Å². The smallest absolute Gasteiger partial charge is 0.0300 e. The minimum Gasteiger partial charge on any atom is -0.312 e. The van der Waals surface area contributed by atoms with E-state index in [1.54, 1.807) is 11.3 Å². The number of aryl methyl sites for hydroxylation is 1. The molecule has 1 N–H and O–H groups in total. The summed E-state index contributed by atoms with van der Waals surface area (Å²) >= 11 is 3.70. The minimum absolute atomic E-state index is 0.710. The summed E-state index contributed by atoms with van der Waals surface area (Å²) < 4.78 is 0. The minimum atomic E-state index is 0.710. The Morgan fingerprint density at radius 2 is 2.10 bits per heavy atom. The summed E-state index contributed by atoms with van der Waals surface area (Å²) in [6.07, 6.45) is 0. The van der Waals surface area contributed by atoms with Crippen molar-refractivity contribution in [1.82, 2.24) is 10.2 Å². The van der Waals surface area contributed by atoms with Crippen molar-refractivity contribution in [3.05, 3.63) is 43.8 Å². The molecule has 0 amide bonds. The normalized spacial score (nSPS) is 11.7. The van der Waals surface area contributed by atoms with Crippen molar-refractivity contribution in [3.63, 3.8) is 0 Å². The highest BCUT2D eigenvalue weighted by atomic mass is 32.1. The Hall–Kier alpha value is -0.680. The molecule has 2 aromatic heterocycles. The molecule has 2 rings (SSSR count). The number of hydrogen-bond acceptors (Lipinski definition) is 4. The highest BCUT2D eigenvalue weighted by Crippen LogP contribution is 2.23. The molecule has 0 bridgehead atoms. The number of hydrogen-bond donors (Lipinski definition) is 1. The van der Waals surface area contributed by atoms with E-state index in [9.17, 15) is 0 Å². The Kier molecular flexibility index (Phi) is 6.42. The maximum Gasteiger partial charge on any atom is 0.0300 e. The van der Waals surface area contributed by atoms with E-state index in [0.29, 0.717) is 5.92 Å². The summed E-state index contributed by atoms with van der Waals surface area (Å²) in [5.74, 6) is 0.710. The van der Waals surface area contributed by atoms with Crippen molar-refractivity contribution < 1.29 is 0 Å². The Morgan fingerprint density at radius 3 is 2.76 bits per heavy atom. The molecule has 0 spiro atoms. The average molecular weight is 323 g/mol. The lowest BCUT2D eigenvalue weighted by atomic mass is 10.2. The maximum absolute atomic E-state index is 3.53. The van der Waals surface area contributed by atoms with Gasteiger partial charge in [0.05, 0.1) is 0 Å². The molecule has 0 aliphatic rings. The van der Waals surface area contributed by atoms with E-state index >= 15 is 0 Å². The van der Waals surface area contributed by atoms with E-state index in [0.717, 1.165) is 26.2 Å². The first kappa shape index (κ1) is 16.7. The molecule has 21 heavy (non-hydrogen) atoms. The van der Waals surface area contributed by atoms with Gasteiger partial charge in [0.2, 0.25) is 0 Å². The van der Waals surface area contributed by atoms with Crippen LogP contribution in [0.15, 0.2) is 22.9 Å². The SMILES string of the molecule is Cc1sc(CNCC(C)C)cc1CN(C)Cc1ccsc1. The van der Waals surface area contributed by atoms with Gasteiger partial charge in [0.1, 0.15) is 0 Å². The predicted octanol–water partition coefficient (Wildman–Crippen LogP) is 4.50. The summed E-state index contributed by atoms with van der Waals surface area (Å²) in [6.45, 7) is 10.9. The van der Waals surface area contributed by atoms with Crippen LogP contribution in [0, 0.1) is 12.8 Å². The Labute approximate surface area is 136 Å². The molecule has 0 aliphatic heterocycles. The van der Waals surface area contributed by atoms with Gasteiger partial charge in [-0.1, -0.05) is 13.8 Å². The largest absolute Gasteiger partial charge is 0.312 e.